The van der Waals surface area contributed by atoms with Crippen LogP contribution in [-0.2, 0) is 9.59 Å². The molecule has 0 bridgehead atoms. The van der Waals surface area contributed by atoms with E-state index in [0.717, 1.165) is 49.8 Å². The molecule has 1 fully saturated rings. The van der Waals surface area contributed by atoms with Gasteiger partial charge in [0.2, 0.25) is 5.91 Å². The number of carbonyl (C=O) groups is 2. The van der Waals surface area contributed by atoms with Crippen LogP contribution in [0.1, 0.15) is 56.9 Å². The van der Waals surface area contributed by atoms with E-state index in [1.165, 1.54) is 0 Å². The fraction of sp³-hybridized carbons (Fsp3) is 0.591. The molecule has 1 aromatic carbocycles. The lowest BCUT2D eigenvalue weighted by molar-refractivity contribution is -0.139. The summed E-state index contributed by atoms with van der Waals surface area (Å²) in [5.74, 6) is 0.757. The van der Waals surface area contributed by atoms with Crippen molar-refractivity contribution in [2.24, 2.45) is 16.9 Å². The fourth-order valence-corrected chi connectivity index (χ4v) is 4.34. The average Bonchev–Trinajstić information content (AvgIpc) is 2.74. The monoisotopic (exact) mass is 402 g/mol. The van der Waals surface area contributed by atoms with Crippen molar-refractivity contribution >= 4 is 17.6 Å². The van der Waals surface area contributed by atoms with E-state index < -0.39 is 5.97 Å². The molecule has 1 heterocycles. The number of hydrazone groups is 1. The molecule has 2 aliphatic rings. The lowest BCUT2D eigenvalue weighted by Gasteiger charge is -2.38. The van der Waals surface area contributed by atoms with Crippen molar-refractivity contribution in [1.82, 2.24) is 5.01 Å². The molecule has 2 atom stereocenters. The van der Waals surface area contributed by atoms with Crippen LogP contribution in [-0.4, -0.2) is 48.5 Å². The molecule has 7 nitrogen and oxygen atoms in total. The Balaban J connectivity index is 1.82. The zero-order valence-electron chi connectivity index (χ0n) is 17.2. The highest BCUT2D eigenvalue weighted by Gasteiger charge is 2.41. The summed E-state index contributed by atoms with van der Waals surface area (Å²) >= 11 is 0. The molecule has 1 aliphatic carbocycles. The fourth-order valence-electron chi connectivity index (χ4n) is 4.34. The van der Waals surface area contributed by atoms with Gasteiger partial charge in [0, 0.05) is 30.4 Å². The van der Waals surface area contributed by atoms with Gasteiger partial charge in [-0.1, -0.05) is 19.3 Å². The highest BCUT2D eigenvalue weighted by Crippen LogP contribution is 2.39. The molecule has 0 aromatic heterocycles. The number of fused-ring (bicyclic) bond motifs is 1. The zero-order chi connectivity index (χ0) is 20.8. The number of amides is 1. The molecule has 1 amide bonds. The van der Waals surface area contributed by atoms with Crippen LogP contribution in [0.25, 0.3) is 0 Å². The number of carboxylic acid groups (broad SMARTS) is 1. The largest absolute Gasteiger partial charge is 0.493 e. The van der Waals surface area contributed by atoms with Crippen molar-refractivity contribution in [2.45, 2.75) is 51.4 Å². The molecule has 1 aromatic rings. The van der Waals surface area contributed by atoms with Crippen molar-refractivity contribution in [3.05, 3.63) is 23.8 Å². The van der Waals surface area contributed by atoms with E-state index in [9.17, 15) is 9.59 Å². The molecule has 1 saturated carbocycles. The first kappa shape index (κ1) is 21.1. The summed E-state index contributed by atoms with van der Waals surface area (Å²) in [6.45, 7) is 0.526. The third kappa shape index (κ3) is 4.89. The maximum absolute atomic E-state index is 13.0. The van der Waals surface area contributed by atoms with Crippen LogP contribution in [0.5, 0.6) is 11.5 Å². The molecular formula is C22H30N2O5. The van der Waals surface area contributed by atoms with Gasteiger partial charge < -0.3 is 14.6 Å². The van der Waals surface area contributed by atoms with Crippen molar-refractivity contribution in [3.63, 3.8) is 0 Å². The Bertz CT molecular complexity index is 776. The normalized spacial score (nSPS) is 21.4. The van der Waals surface area contributed by atoms with Crippen LogP contribution in [0.3, 0.4) is 0 Å². The van der Waals surface area contributed by atoms with Crippen LogP contribution in [0, 0.1) is 11.8 Å². The van der Waals surface area contributed by atoms with Gasteiger partial charge in [-0.2, -0.15) is 5.10 Å². The number of methoxy groups -OCH3 is 2. The number of carbonyl (C=O) groups excluding carboxylic acids is 1. The van der Waals surface area contributed by atoms with Gasteiger partial charge in [0.25, 0.3) is 0 Å². The number of hydrogen-bond acceptors (Lipinski definition) is 5. The standard InChI is InChI=1S/C22H30N2O5/c1-28-18-12-11-15(14-19(18)29-2)21-16-8-5-6-9-17(16)22(27)24(23-21)13-7-3-4-10-20(25)26/h11-12,14,16-17H,3-10,13H2,1-2H3,(H,25,26)/t16-,17+/m1/s1. The van der Waals surface area contributed by atoms with E-state index in [0.29, 0.717) is 24.5 Å². The minimum absolute atomic E-state index is 0.0247. The molecule has 7 heteroatoms. The summed E-state index contributed by atoms with van der Waals surface area (Å²) in [5, 5.41) is 15.1. The Morgan fingerprint density at radius 3 is 2.52 bits per heavy atom. The van der Waals surface area contributed by atoms with E-state index >= 15 is 0 Å². The first-order chi connectivity index (χ1) is 14.0. The van der Waals surface area contributed by atoms with Crippen LogP contribution < -0.4 is 9.47 Å². The lowest BCUT2D eigenvalue weighted by atomic mass is 9.73. The number of aliphatic carboxylic acids is 1. The van der Waals surface area contributed by atoms with Crippen LogP contribution >= 0.6 is 0 Å². The van der Waals surface area contributed by atoms with Gasteiger partial charge in [0.1, 0.15) is 0 Å². The number of hydrogen-bond donors (Lipinski definition) is 1. The van der Waals surface area contributed by atoms with Gasteiger partial charge in [-0.05, 0) is 43.9 Å². The highest BCUT2D eigenvalue weighted by molar-refractivity contribution is 6.07. The molecular weight excluding hydrogens is 372 g/mol. The summed E-state index contributed by atoms with van der Waals surface area (Å²) in [5.41, 5.74) is 1.91. The summed E-state index contributed by atoms with van der Waals surface area (Å²) in [4.78, 5) is 23.7. The molecule has 0 radical (unpaired) electrons. The Labute approximate surface area is 171 Å². The lowest BCUT2D eigenvalue weighted by Crippen LogP contribution is -2.46. The predicted octanol–water partition coefficient (Wildman–Crippen LogP) is 3.70. The summed E-state index contributed by atoms with van der Waals surface area (Å²) < 4.78 is 10.8. The first-order valence-corrected chi connectivity index (χ1v) is 10.4. The molecule has 158 valence electrons. The molecule has 0 unspecified atom stereocenters. The topological polar surface area (TPSA) is 88.4 Å². The van der Waals surface area contributed by atoms with E-state index in [4.69, 9.17) is 19.7 Å². The van der Waals surface area contributed by atoms with Gasteiger partial charge in [-0.25, -0.2) is 5.01 Å². The molecule has 1 N–H and O–H groups in total. The van der Waals surface area contributed by atoms with E-state index in [-0.39, 0.29) is 24.2 Å². The van der Waals surface area contributed by atoms with Crippen LogP contribution in [0.2, 0.25) is 0 Å². The Kier molecular flexibility index (Phi) is 7.12. The second-order valence-electron chi connectivity index (χ2n) is 7.72. The maximum Gasteiger partial charge on any atom is 0.303 e. The van der Waals surface area contributed by atoms with Gasteiger partial charge >= 0.3 is 5.97 Å². The van der Waals surface area contributed by atoms with Gasteiger partial charge in [0.05, 0.1) is 19.9 Å². The number of rotatable bonds is 9. The number of ether oxygens (including phenoxy) is 2. The molecule has 0 saturated heterocycles. The molecule has 3 rings (SSSR count). The van der Waals surface area contributed by atoms with Crippen molar-refractivity contribution < 1.29 is 24.2 Å². The summed E-state index contributed by atoms with van der Waals surface area (Å²) in [6.07, 6.45) is 6.34. The van der Waals surface area contributed by atoms with Crippen LogP contribution in [0.15, 0.2) is 23.3 Å². The minimum atomic E-state index is -0.780. The average molecular weight is 402 g/mol. The van der Waals surface area contributed by atoms with Gasteiger partial charge in [0.15, 0.2) is 11.5 Å². The third-order valence-corrected chi connectivity index (χ3v) is 5.86. The summed E-state index contributed by atoms with van der Waals surface area (Å²) in [6, 6.07) is 5.79. The highest BCUT2D eigenvalue weighted by atomic mass is 16.5. The van der Waals surface area contributed by atoms with Gasteiger partial charge in [-0.3, -0.25) is 9.59 Å². The number of benzene rings is 1. The van der Waals surface area contributed by atoms with Gasteiger partial charge in [-0.15, -0.1) is 0 Å². The molecule has 0 spiro atoms. The second kappa shape index (κ2) is 9.76. The second-order valence-corrected chi connectivity index (χ2v) is 7.72. The SMILES string of the molecule is COc1ccc(C2=NN(CCCCCC(=O)O)C(=O)[C@H]3CCCC[C@@H]23)cc1OC. The number of carboxylic acids is 1. The number of nitrogens with zero attached hydrogens (tertiary/aromatic N) is 2. The Morgan fingerprint density at radius 1 is 1.10 bits per heavy atom. The van der Waals surface area contributed by atoms with Crippen molar-refractivity contribution in [2.75, 3.05) is 20.8 Å². The zero-order valence-corrected chi connectivity index (χ0v) is 17.2. The first-order valence-electron chi connectivity index (χ1n) is 10.4. The van der Waals surface area contributed by atoms with E-state index in [1.54, 1.807) is 19.2 Å². The quantitative estimate of drug-likeness (QED) is 0.636. The smallest absolute Gasteiger partial charge is 0.303 e. The van der Waals surface area contributed by atoms with E-state index in [2.05, 4.69) is 0 Å². The maximum atomic E-state index is 13.0. The van der Waals surface area contributed by atoms with E-state index in [1.807, 2.05) is 18.2 Å². The Hall–Kier alpha value is -2.57. The van der Waals surface area contributed by atoms with Crippen LogP contribution in [0.4, 0.5) is 0 Å². The molecule has 1 aliphatic heterocycles. The minimum Gasteiger partial charge on any atom is -0.493 e. The molecule has 29 heavy (non-hydrogen) atoms. The predicted molar refractivity (Wildman–Crippen MR) is 109 cm³/mol. The summed E-state index contributed by atoms with van der Waals surface area (Å²) in [7, 11) is 3.22. The third-order valence-electron chi connectivity index (χ3n) is 5.86. The Morgan fingerprint density at radius 2 is 1.83 bits per heavy atom. The number of unbranched alkanes of at least 4 members (excludes halogenated alkanes) is 2. The van der Waals surface area contributed by atoms with Crippen molar-refractivity contribution in [3.8, 4) is 11.5 Å². The van der Waals surface area contributed by atoms with Crippen molar-refractivity contribution in [1.29, 1.82) is 0 Å².